The number of hydrogen-bond acceptors (Lipinski definition) is 3. The summed E-state index contributed by atoms with van der Waals surface area (Å²) in [6.45, 7) is 3.66. The third kappa shape index (κ3) is 3.30. The number of fused-ring (bicyclic) bond motifs is 1. The number of aryl methyl sites for hydroxylation is 1. The number of pyridine rings is 1. The molecule has 1 aliphatic heterocycles. The maximum Gasteiger partial charge on any atom is 0.273 e. The van der Waals surface area contributed by atoms with Crippen molar-refractivity contribution in [1.82, 2.24) is 14.3 Å². The monoisotopic (exact) mass is 301 g/mol. The van der Waals surface area contributed by atoms with E-state index in [1.807, 2.05) is 36.7 Å². The lowest BCUT2D eigenvalue weighted by Crippen LogP contribution is -2.28. The van der Waals surface area contributed by atoms with Gasteiger partial charge in [0.1, 0.15) is 11.3 Å². The molecule has 1 amide bonds. The molecule has 0 aliphatic carbocycles. The topological polar surface area (TPSA) is 46.8 Å². The summed E-state index contributed by atoms with van der Waals surface area (Å²) in [5, 5.41) is 0. The van der Waals surface area contributed by atoms with E-state index in [-0.39, 0.29) is 5.91 Å². The molecule has 0 aromatic carbocycles. The molecular weight excluding hydrogens is 278 g/mol. The Morgan fingerprint density at radius 3 is 3.09 bits per heavy atom. The van der Waals surface area contributed by atoms with Crippen LogP contribution < -0.4 is 0 Å². The second-order valence-corrected chi connectivity index (χ2v) is 6.10. The Morgan fingerprint density at radius 1 is 1.45 bits per heavy atom. The average Bonchev–Trinajstić information content (AvgIpc) is 3.14. The van der Waals surface area contributed by atoms with Crippen molar-refractivity contribution in [1.29, 1.82) is 0 Å². The second kappa shape index (κ2) is 6.48. The van der Waals surface area contributed by atoms with Crippen LogP contribution in [0, 0.1) is 6.92 Å². The quantitative estimate of drug-likeness (QED) is 0.853. The number of ether oxygens (including phenoxy) is 1. The number of amides is 1. The van der Waals surface area contributed by atoms with E-state index in [0.717, 1.165) is 43.6 Å². The van der Waals surface area contributed by atoms with Crippen molar-refractivity contribution in [2.75, 3.05) is 20.2 Å². The predicted octanol–water partition coefficient (Wildman–Crippen LogP) is 2.67. The van der Waals surface area contributed by atoms with Crippen LogP contribution in [-0.4, -0.2) is 46.5 Å². The van der Waals surface area contributed by atoms with Gasteiger partial charge in [-0.25, -0.2) is 4.98 Å². The van der Waals surface area contributed by atoms with Gasteiger partial charge in [-0.15, -0.1) is 0 Å². The van der Waals surface area contributed by atoms with Gasteiger partial charge in [0.2, 0.25) is 0 Å². The molecule has 2 aromatic rings. The normalized spacial score (nSPS) is 18.0. The van der Waals surface area contributed by atoms with Gasteiger partial charge in [0.05, 0.1) is 6.10 Å². The van der Waals surface area contributed by atoms with E-state index in [2.05, 4.69) is 4.98 Å². The fourth-order valence-electron chi connectivity index (χ4n) is 2.93. The van der Waals surface area contributed by atoms with Crippen molar-refractivity contribution in [3.63, 3.8) is 0 Å². The summed E-state index contributed by atoms with van der Waals surface area (Å²) in [6, 6.07) is 3.94. The van der Waals surface area contributed by atoms with Crippen molar-refractivity contribution in [3.8, 4) is 0 Å². The molecule has 118 valence electrons. The first-order valence-corrected chi connectivity index (χ1v) is 7.96. The molecule has 1 saturated heterocycles. The van der Waals surface area contributed by atoms with Gasteiger partial charge in [-0.3, -0.25) is 4.79 Å². The van der Waals surface area contributed by atoms with Crippen LogP contribution >= 0.6 is 0 Å². The third-order valence-electron chi connectivity index (χ3n) is 4.21. The van der Waals surface area contributed by atoms with E-state index in [1.54, 1.807) is 11.1 Å². The highest BCUT2D eigenvalue weighted by Gasteiger charge is 2.18. The molecular formula is C17H23N3O2. The number of imidazole rings is 1. The summed E-state index contributed by atoms with van der Waals surface area (Å²) in [7, 11) is 1.84. The fraction of sp³-hybridized carbons (Fsp3) is 0.529. The molecule has 0 unspecified atom stereocenters. The Labute approximate surface area is 130 Å². The molecule has 0 bridgehead atoms. The average molecular weight is 301 g/mol. The van der Waals surface area contributed by atoms with Crippen LogP contribution in [0.25, 0.3) is 5.65 Å². The van der Waals surface area contributed by atoms with Crippen LogP contribution in [0.15, 0.2) is 24.5 Å². The summed E-state index contributed by atoms with van der Waals surface area (Å²) >= 11 is 0. The van der Waals surface area contributed by atoms with Crippen LogP contribution in [0.1, 0.15) is 41.7 Å². The number of carbonyl (C=O) groups is 1. The zero-order valence-electron chi connectivity index (χ0n) is 13.3. The van der Waals surface area contributed by atoms with Crippen molar-refractivity contribution in [3.05, 3.63) is 35.8 Å². The van der Waals surface area contributed by atoms with E-state index < -0.39 is 0 Å². The van der Waals surface area contributed by atoms with Crippen molar-refractivity contribution >= 4 is 11.6 Å². The van der Waals surface area contributed by atoms with Gasteiger partial charge >= 0.3 is 0 Å². The van der Waals surface area contributed by atoms with E-state index in [0.29, 0.717) is 11.8 Å². The van der Waals surface area contributed by atoms with Crippen LogP contribution in [0.2, 0.25) is 0 Å². The molecule has 22 heavy (non-hydrogen) atoms. The van der Waals surface area contributed by atoms with Gasteiger partial charge in [0, 0.05) is 32.6 Å². The standard InChI is InChI=1S/C17H23N3O2/c1-13-7-8-16-18-15(12-20(16)11-13)17(21)19(2)9-3-5-14-6-4-10-22-14/h7-8,11-12,14H,3-6,9-10H2,1-2H3/t14-/m0/s1. The van der Waals surface area contributed by atoms with E-state index >= 15 is 0 Å². The number of rotatable bonds is 5. The molecule has 0 saturated carbocycles. The lowest BCUT2D eigenvalue weighted by molar-refractivity contribution is 0.0758. The van der Waals surface area contributed by atoms with Gasteiger partial charge < -0.3 is 14.0 Å². The van der Waals surface area contributed by atoms with Crippen molar-refractivity contribution < 1.29 is 9.53 Å². The molecule has 3 heterocycles. The zero-order chi connectivity index (χ0) is 15.5. The van der Waals surface area contributed by atoms with Crippen molar-refractivity contribution in [2.45, 2.75) is 38.7 Å². The van der Waals surface area contributed by atoms with Gasteiger partial charge in [0.15, 0.2) is 0 Å². The first-order chi connectivity index (χ1) is 10.6. The first-order valence-electron chi connectivity index (χ1n) is 7.96. The highest BCUT2D eigenvalue weighted by atomic mass is 16.5. The molecule has 0 spiro atoms. The first kappa shape index (κ1) is 15.0. The highest BCUT2D eigenvalue weighted by Crippen LogP contribution is 2.17. The third-order valence-corrected chi connectivity index (χ3v) is 4.21. The van der Waals surface area contributed by atoms with E-state index in [9.17, 15) is 4.79 Å². The summed E-state index contributed by atoms with van der Waals surface area (Å²) in [5.74, 6) is -0.0197. The summed E-state index contributed by atoms with van der Waals surface area (Å²) < 4.78 is 7.52. The highest BCUT2D eigenvalue weighted by molar-refractivity contribution is 5.92. The van der Waals surface area contributed by atoms with Crippen LogP contribution in [0.5, 0.6) is 0 Å². The maximum atomic E-state index is 12.4. The zero-order valence-corrected chi connectivity index (χ0v) is 13.3. The smallest absolute Gasteiger partial charge is 0.273 e. The Kier molecular flexibility index (Phi) is 4.43. The molecule has 3 rings (SSSR count). The van der Waals surface area contributed by atoms with Gasteiger partial charge in [0.25, 0.3) is 5.91 Å². The van der Waals surface area contributed by atoms with Gasteiger partial charge in [-0.05, 0) is 44.2 Å². The van der Waals surface area contributed by atoms with Crippen LogP contribution in [0.4, 0.5) is 0 Å². The Morgan fingerprint density at radius 2 is 2.32 bits per heavy atom. The number of nitrogens with zero attached hydrogens (tertiary/aromatic N) is 3. The molecule has 5 nitrogen and oxygen atoms in total. The second-order valence-electron chi connectivity index (χ2n) is 6.10. The summed E-state index contributed by atoms with van der Waals surface area (Å²) in [4.78, 5) is 18.6. The van der Waals surface area contributed by atoms with Gasteiger partial charge in [-0.2, -0.15) is 0 Å². The van der Waals surface area contributed by atoms with Crippen LogP contribution in [0.3, 0.4) is 0 Å². The Balaban J connectivity index is 1.58. The van der Waals surface area contributed by atoms with Crippen LogP contribution in [-0.2, 0) is 4.74 Å². The molecule has 5 heteroatoms. The Hall–Kier alpha value is -1.88. The molecule has 1 fully saturated rings. The fourth-order valence-corrected chi connectivity index (χ4v) is 2.93. The van der Waals surface area contributed by atoms with E-state index in [4.69, 9.17) is 4.74 Å². The molecule has 0 N–H and O–H groups in total. The largest absolute Gasteiger partial charge is 0.378 e. The summed E-state index contributed by atoms with van der Waals surface area (Å²) in [6.07, 6.45) is 8.50. The minimum Gasteiger partial charge on any atom is -0.378 e. The lowest BCUT2D eigenvalue weighted by atomic mass is 10.1. The van der Waals surface area contributed by atoms with E-state index in [1.165, 1.54) is 6.42 Å². The maximum absolute atomic E-state index is 12.4. The Bertz CT molecular complexity index is 659. The SMILES string of the molecule is Cc1ccc2nc(C(=O)N(C)CCC[C@H]3CCCO3)cn2c1. The number of aromatic nitrogens is 2. The van der Waals surface area contributed by atoms with Crippen molar-refractivity contribution in [2.24, 2.45) is 0 Å². The molecule has 2 aromatic heterocycles. The number of carbonyl (C=O) groups excluding carboxylic acids is 1. The molecule has 1 atom stereocenters. The predicted molar refractivity (Wildman–Crippen MR) is 85.1 cm³/mol. The molecule has 1 aliphatic rings. The minimum absolute atomic E-state index is 0.0197. The minimum atomic E-state index is -0.0197. The molecule has 0 radical (unpaired) electrons. The van der Waals surface area contributed by atoms with Gasteiger partial charge in [-0.1, -0.05) is 6.07 Å². The lowest BCUT2D eigenvalue weighted by Gasteiger charge is -2.17. The number of hydrogen-bond donors (Lipinski definition) is 0. The summed E-state index contributed by atoms with van der Waals surface area (Å²) in [5.41, 5.74) is 2.46.